The van der Waals surface area contributed by atoms with Crippen LogP contribution in [0.25, 0.3) is 0 Å². The van der Waals surface area contributed by atoms with Crippen LogP contribution in [-0.2, 0) is 19.2 Å². The number of benzene rings is 2. The van der Waals surface area contributed by atoms with Gasteiger partial charge in [0.05, 0.1) is 9.31 Å². The van der Waals surface area contributed by atoms with E-state index in [0.29, 0.717) is 17.1 Å². The van der Waals surface area contributed by atoms with Crippen LogP contribution in [0.5, 0.6) is 11.5 Å². The molecule has 13 heteroatoms. The summed E-state index contributed by atoms with van der Waals surface area (Å²) in [6.07, 6.45) is 1.93. The molecule has 1 aliphatic carbocycles. The van der Waals surface area contributed by atoms with Crippen molar-refractivity contribution in [3.05, 3.63) is 69.6 Å². The molecule has 1 N–H and O–H groups in total. The first-order chi connectivity index (χ1) is 19.8. The second kappa shape index (κ2) is 16.3. The lowest BCUT2D eigenvalue weighted by atomic mass is 10.1. The number of amides is 2. The monoisotopic (exact) mass is 722 g/mol. The number of carbonyl (C=O) groups excluding carboxylic acids is 3. The molecule has 0 heterocycles. The summed E-state index contributed by atoms with van der Waals surface area (Å²) in [4.78, 5) is 40.4. The summed E-state index contributed by atoms with van der Waals surface area (Å²) in [5.74, 6) is 0.378. The molecule has 42 heavy (non-hydrogen) atoms. The summed E-state index contributed by atoms with van der Waals surface area (Å²) in [6.45, 7) is 4.03. The third-order valence-corrected chi connectivity index (χ3v) is 7.32. The molecule has 0 radical (unpaired) electrons. The minimum atomic E-state index is -0.986. The number of allylic oxidation sites excluding steroid dienone is 1. The van der Waals surface area contributed by atoms with E-state index >= 15 is 0 Å². The van der Waals surface area contributed by atoms with E-state index in [1.54, 1.807) is 44.6 Å². The van der Waals surface area contributed by atoms with Gasteiger partial charge in [0.25, 0.3) is 5.91 Å². The first kappa shape index (κ1) is 34.9. The number of nitrogens with one attached hydrogen (secondary N) is 1. The van der Waals surface area contributed by atoms with E-state index in [9.17, 15) is 19.6 Å². The molecule has 1 saturated carbocycles. The zero-order valence-electron chi connectivity index (χ0n) is 24.0. The maximum absolute atomic E-state index is 12.7. The molecular formula is C29H32Br2N4O6S. The van der Waals surface area contributed by atoms with Gasteiger partial charge in [0.1, 0.15) is 17.6 Å². The second-order valence-electron chi connectivity index (χ2n) is 9.64. The highest BCUT2D eigenvalue weighted by Crippen LogP contribution is 2.60. The topological polar surface area (TPSA) is 130 Å². The van der Waals surface area contributed by atoms with Gasteiger partial charge in [-0.05, 0) is 73.7 Å². The van der Waals surface area contributed by atoms with Gasteiger partial charge in [0.2, 0.25) is 11.1 Å². The molecule has 3 atom stereocenters. The number of esters is 1. The highest BCUT2D eigenvalue weighted by Gasteiger charge is 2.61. The summed E-state index contributed by atoms with van der Waals surface area (Å²) >= 11 is 7.79. The number of rotatable bonds is 7. The fraction of sp³-hybridized carbons (Fsp3) is 0.345. The van der Waals surface area contributed by atoms with Gasteiger partial charge in [-0.3, -0.25) is 14.4 Å². The van der Waals surface area contributed by atoms with Crippen molar-refractivity contribution < 1.29 is 28.7 Å². The molecule has 0 saturated heterocycles. The molecule has 0 bridgehead atoms. The fourth-order valence-electron chi connectivity index (χ4n) is 3.78. The van der Waals surface area contributed by atoms with Gasteiger partial charge >= 0.3 is 12.1 Å². The van der Waals surface area contributed by atoms with E-state index in [-0.39, 0.29) is 34.2 Å². The quantitative estimate of drug-likeness (QED) is 0.111. The van der Waals surface area contributed by atoms with Crippen LogP contribution in [0.4, 0.5) is 4.79 Å². The maximum atomic E-state index is 12.7. The number of oxime groups is 1. The normalized spacial score (nSPS) is 17.2. The molecule has 3 rings (SSSR count). The van der Waals surface area contributed by atoms with Crippen LogP contribution >= 0.6 is 43.6 Å². The third-order valence-electron chi connectivity index (χ3n) is 6.16. The number of halogens is 2. The number of nitriles is 1. The number of thioether (sulfide) groups is 1. The van der Waals surface area contributed by atoms with Gasteiger partial charge in [0, 0.05) is 26.7 Å². The summed E-state index contributed by atoms with van der Waals surface area (Å²) in [5.41, 5.74) is 0.374. The van der Waals surface area contributed by atoms with Crippen molar-refractivity contribution in [2.75, 3.05) is 27.4 Å². The van der Waals surface area contributed by atoms with Crippen molar-refractivity contribution in [2.24, 2.45) is 22.4 Å². The number of hydrogen-bond donors (Lipinski definition) is 1. The lowest BCUT2D eigenvalue weighted by molar-refractivity contribution is -0.149. The summed E-state index contributed by atoms with van der Waals surface area (Å²) < 4.78 is 12.2. The second-order valence-corrected chi connectivity index (χ2v) is 13.2. The number of para-hydroxylation sites is 1. The van der Waals surface area contributed by atoms with Crippen LogP contribution in [0.3, 0.4) is 0 Å². The van der Waals surface area contributed by atoms with Crippen molar-refractivity contribution in [3.63, 3.8) is 0 Å². The SMILES string of the molecule is CC1(C)[C@H](C(=O)O[C@H](C#N)c2cccc(Oc3ccccc3)c2)[C@@H]1C=C(Br)Br.CNC(=O)O/N=C(/SC)C(=O)N(C)C. The standard InChI is InChI=1S/C22H19Br2NO3.C7H13N3O3S/c1-22(2)17(12-19(23)24)20(22)21(26)28-18(13-25)14-7-6-10-16(11-14)27-15-8-4-3-5-9-15;1-8-7(12)13-9-5(14-4)6(11)10(2)3/h3-12,17-18,20H,1-2H3;1-4H3,(H,8,12)/b;9-5+/t17-,18+,20-;/m0./s1. The van der Waals surface area contributed by atoms with Crippen LogP contribution in [0, 0.1) is 28.6 Å². The third kappa shape index (κ3) is 10.2. The first-order valence-corrected chi connectivity index (χ1v) is 15.3. The summed E-state index contributed by atoms with van der Waals surface area (Å²) in [6, 6.07) is 18.5. The minimum Gasteiger partial charge on any atom is -0.457 e. The van der Waals surface area contributed by atoms with Gasteiger partial charge in [-0.1, -0.05) is 55.4 Å². The van der Waals surface area contributed by atoms with E-state index in [1.807, 2.05) is 50.3 Å². The molecule has 2 aromatic carbocycles. The van der Waals surface area contributed by atoms with Crippen LogP contribution in [-0.4, -0.2) is 55.3 Å². The van der Waals surface area contributed by atoms with Crippen molar-refractivity contribution in [2.45, 2.75) is 20.0 Å². The predicted octanol–water partition coefficient (Wildman–Crippen LogP) is 6.60. The Morgan fingerprint density at radius 3 is 2.31 bits per heavy atom. The zero-order chi connectivity index (χ0) is 31.4. The Morgan fingerprint density at radius 1 is 1.12 bits per heavy atom. The van der Waals surface area contributed by atoms with Crippen molar-refractivity contribution >= 4 is 66.6 Å². The van der Waals surface area contributed by atoms with Gasteiger partial charge < -0.3 is 19.7 Å². The highest BCUT2D eigenvalue weighted by molar-refractivity contribution is 9.28. The van der Waals surface area contributed by atoms with E-state index in [4.69, 9.17) is 9.47 Å². The van der Waals surface area contributed by atoms with E-state index < -0.39 is 12.2 Å². The average molecular weight is 724 g/mol. The first-order valence-electron chi connectivity index (χ1n) is 12.5. The van der Waals surface area contributed by atoms with E-state index in [2.05, 4.69) is 53.2 Å². The average Bonchev–Trinajstić information content (AvgIpc) is 3.50. The molecule has 224 valence electrons. The highest BCUT2D eigenvalue weighted by atomic mass is 79.9. The number of hydrogen-bond acceptors (Lipinski definition) is 9. The Balaban J connectivity index is 0.000000374. The van der Waals surface area contributed by atoms with Gasteiger partial charge in [-0.2, -0.15) is 5.26 Å². The predicted molar refractivity (Wildman–Crippen MR) is 169 cm³/mol. The molecule has 2 aromatic rings. The van der Waals surface area contributed by atoms with Gasteiger partial charge in [-0.15, -0.1) is 11.8 Å². The fourth-order valence-corrected chi connectivity index (χ4v) is 4.82. The summed E-state index contributed by atoms with van der Waals surface area (Å²) in [5, 5.41) is 15.3. The molecule has 0 aliphatic heterocycles. The Bertz CT molecular complexity index is 1360. The molecular weight excluding hydrogens is 692 g/mol. The molecule has 2 amide bonds. The molecule has 10 nitrogen and oxygen atoms in total. The van der Waals surface area contributed by atoms with Crippen molar-refractivity contribution in [1.82, 2.24) is 10.2 Å². The largest absolute Gasteiger partial charge is 0.457 e. The lowest BCUT2D eigenvalue weighted by Crippen LogP contribution is -2.28. The van der Waals surface area contributed by atoms with Gasteiger partial charge in [-0.25, -0.2) is 4.79 Å². The molecule has 1 aliphatic rings. The van der Waals surface area contributed by atoms with Crippen molar-refractivity contribution in [3.8, 4) is 17.6 Å². The Kier molecular flexibility index (Phi) is 13.6. The van der Waals surface area contributed by atoms with Crippen LogP contribution in [0.15, 0.2) is 69.2 Å². The smallest absolute Gasteiger partial charge is 0.433 e. The van der Waals surface area contributed by atoms with Gasteiger partial charge in [0.15, 0.2) is 0 Å². The van der Waals surface area contributed by atoms with Crippen molar-refractivity contribution in [1.29, 1.82) is 5.26 Å². The number of nitrogens with zero attached hydrogens (tertiary/aromatic N) is 3. The number of ether oxygens (including phenoxy) is 2. The Labute approximate surface area is 266 Å². The minimum absolute atomic E-state index is 0.0563. The zero-order valence-corrected chi connectivity index (χ0v) is 27.9. The van der Waals surface area contributed by atoms with E-state index in [0.717, 1.165) is 15.2 Å². The Morgan fingerprint density at radius 2 is 1.76 bits per heavy atom. The Hall–Kier alpha value is -3.34. The molecule has 1 fully saturated rings. The summed E-state index contributed by atoms with van der Waals surface area (Å²) in [7, 11) is 4.59. The molecule has 0 spiro atoms. The van der Waals surface area contributed by atoms with E-state index in [1.165, 1.54) is 11.9 Å². The molecule has 0 aromatic heterocycles. The van der Waals surface area contributed by atoms with Crippen LogP contribution in [0.2, 0.25) is 0 Å². The maximum Gasteiger partial charge on any atom is 0.433 e. The van der Waals surface area contributed by atoms with Crippen LogP contribution in [0.1, 0.15) is 25.5 Å². The number of carbonyl (C=O) groups is 3. The lowest BCUT2D eigenvalue weighted by Gasteiger charge is -2.13. The van der Waals surface area contributed by atoms with Crippen LogP contribution < -0.4 is 10.1 Å². The molecule has 0 unspecified atom stereocenters.